The first-order chi connectivity index (χ1) is 15.8. The largest absolute Gasteiger partial charge is 0.431 e. The summed E-state index contributed by atoms with van der Waals surface area (Å²) in [4.78, 5) is 25.5. The van der Waals surface area contributed by atoms with E-state index in [1.165, 1.54) is 6.92 Å². The summed E-state index contributed by atoms with van der Waals surface area (Å²) in [5.74, 6) is 0.486. The Morgan fingerprint density at radius 1 is 1.12 bits per heavy atom. The fourth-order valence-electron chi connectivity index (χ4n) is 5.42. The van der Waals surface area contributed by atoms with Crippen LogP contribution in [-0.2, 0) is 23.1 Å². The number of carbonyl (C=O) groups excluding carboxylic acids is 1. The summed E-state index contributed by atoms with van der Waals surface area (Å²) in [6.07, 6.45) is 2.93. The van der Waals surface area contributed by atoms with Crippen LogP contribution >= 0.6 is 0 Å². The molecular formula is C24H33F3N2O4S. The average Bonchev–Trinajstić information content (AvgIpc) is 3.67. The zero-order valence-electron chi connectivity index (χ0n) is 19.7. The highest BCUT2D eigenvalue weighted by Crippen LogP contribution is 2.49. The molecule has 0 aromatic carbocycles. The van der Waals surface area contributed by atoms with Crippen LogP contribution in [0, 0.1) is 24.2 Å². The van der Waals surface area contributed by atoms with Crippen molar-refractivity contribution in [1.82, 2.24) is 9.88 Å². The van der Waals surface area contributed by atoms with Gasteiger partial charge in [0.25, 0.3) is 11.5 Å². The molecule has 0 aliphatic heterocycles. The van der Waals surface area contributed by atoms with Crippen LogP contribution in [0.25, 0.3) is 0 Å². The molecule has 0 spiro atoms. The number of aryl methyl sites for hydroxylation is 1. The van der Waals surface area contributed by atoms with Crippen LogP contribution in [0.5, 0.6) is 0 Å². The molecule has 34 heavy (non-hydrogen) atoms. The van der Waals surface area contributed by atoms with Crippen molar-refractivity contribution in [3.8, 4) is 0 Å². The van der Waals surface area contributed by atoms with Gasteiger partial charge in [-0.15, -0.1) is 0 Å². The second kappa shape index (κ2) is 8.99. The summed E-state index contributed by atoms with van der Waals surface area (Å²) < 4.78 is 65.6. The third kappa shape index (κ3) is 5.52. The lowest BCUT2D eigenvalue weighted by Gasteiger charge is -2.40. The standard InChI is InChI=1S/C24H33F3N2O4S/c1-15-11-19(24(25,26)27)29(2)22(31)20(15)21(30)28-14-23(12-16-3-4-16)9-7-18(8-10-23)34(32,33)13-17-5-6-17/h11,16-18H,3-10,12-14H2,1-2H3,(H,28,30). The minimum atomic E-state index is -4.69. The number of nitrogens with one attached hydrogen (secondary N) is 1. The van der Waals surface area contributed by atoms with Gasteiger partial charge in [0.1, 0.15) is 11.3 Å². The number of amides is 1. The van der Waals surface area contributed by atoms with E-state index in [9.17, 15) is 31.2 Å². The van der Waals surface area contributed by atoms with Crippen molar-refractivity contribution in [2.75, 3.05) is 12.3 Å². The quantitative estimate of drug-likeness (QED) is 0.583. The van der Waals surface area contributed by atoms with Crippen molar-refractivity contribution in [2.45, 2.75) is 76.1 Å². The van der Waals surface area contributed by atoms with E-state index in [0.29, 0.717) is 48.6 Å². The van der Waals surface area contributed by atoms with E-state index in [4.69, 9.17) is 0 Å². The Kier molecular flexibility index (Phi) is 6.68. The maximum absolute atomic E-state index is 13.2. The molecule has 0 radical (unpaired) electrons. The highest BCUT2D eigenvalue weighted by Gasteiger charge is 2.44. The van der Waals surface area contributed by atoms with Gasteiger partial charge in [-0.1, -0.05) is 12.8 Å². The Hall–Kier alpha value is -1.84. The van der Waals surface area contributed by atoms with Gasteiger partial charge in [-0.3, -0.25) is 9.59 Å². The smallest absolute Gasteiger partial charge is 0.351 e. The first-order valence-corrected chi connectivity index (χ1v) is 13.8. The number of hydrogen-bond acceptors (Lipinski definition) is 4. The number of sulfone groups is 1. The van der Waals surface area contributed by atoms with E-state index in [0.717, 1.165) is 45.2 Å². The Bertz CT molecular complexity index is 1110. The summed E-state index contributed by atoms with van der Waals surface area (Å²) >= 11 is 0. The molecule has 3 fully saturated rings. The highest BCUT2D eigenvalue weighted by molar-refractivity contribution is 7.92. The molecule has 0 unspecified atom stereocenters. The van der Waals surface area contributed by atoms with Crippen LogP contribution in [0.3, 0.4) is 0 Å². The van der Waals surface area contributed by atoms with Crippen molar-refractivity contribution in [3.05, 3.63) is 33.2 Å². The van der Waals surface area contributed by atoms with Gasteiger partial charge in [0.15, 0.2) is 9.84 Å². The summed E-state index contributed by atoms with van der Waals surface area (Å²) in [5, 5.41) is 2.49. The van der Waals surface area contributed by atoms with Crippen LogP contribution in [0.2, 0.25) is 0 Å². The molecule has 3 aliphatic carbocycles. The third-order valence-electron chi connectivity index (χ3n) is 7.85. The van der Waals surface area contributed by atoms with E-state index in [2.05, 4.69) is 5.32 Å². The number of hydrogen-bond donors (Lipinski definition) is 1. The van der Waals surface area contributed by atoms with Crippen molar-refractivity contribution < 1.29 is 26.4 Å². The third-order valence-corrected chi connectivity index (χ3v) is 10.3. The molecule has 1 aromatic heterocycles. The number of carbonyl (C=O) groups is 1. The lowest BCUT2D eigenvalue weighted by atomic mass is 9.70. The van der Waals surface area contributed by atoms with Crippen LogP contribution in [0.4, 0.5) is 13.2 Å². The molecule has 1 aromatic rings. The SMILES string of the molecule is Cc1cc(C(F)(F)F)n(C)c(=O)c1C(=O)NCC1(CC2CC2)CCC(S(=O)(=O)CC2CC2)CC1. The fourth-order valence-corrected chi connectivity index (χ4v) is 7.64. The van der Waals surface area contributed by atoms with Crippen LogP contribution < -0.4 is 10.9 Å². The lowest BCUT2D eigenvalue weighted by molar-refractivity contribution is -0.143. The number of nitrogens with zero attached hydrogens (tertiary/aromatic N) is 1. The summed E-state index contributed by atoms with van der Waals surface area (Å²) in [5.41, 5.74) is -2.61. The zero-order chi connectivity index (χ0) is 24.9. The molecule has 3 saturated carbocycles. The molecule has 10 heteroatoms. The van der Waals surface area contributed by atoms with E-state index < -0.39 is 33.2 Å². The van der Waals surface area contributed by atoms with Gasteiger partial charge in [-0.05, 0) is 80.8 Å². The van der Waals surface area contributed by atoms with Gasteiger partial charge in [0.2, 0.25) is 0 Å². The highest BCUT2D eigenvalue weighted by atomic mass is 32.2. The Balaban J connectivity index is 1.47. The molecule has 0 saturated heterocycles. The second-order valence-corrected chi connectivity index (χ2v) is 13.1. The molecule has 1 heterocycles. The molecule has 4 rings (SSSR count). The first kappa shape index (κ1) is 25.3. The molecule has 190 valence electrons. The predicted molar refractivity (Wildman–Crippen MR) is 122 cm³/mol. The van der Waals surface area contributed by atoms with Crippen molar-refractivity contribution in [2.24, 2.45) is 24.3 Å². The van der Waals surface area contributed by atoms with Gasteiger partial charge in [0.05, 0.1) is 11.0 Å². The van der Waals surface area contributed by atoms with E-state index >= 15 is 0 Å². The maximum Gasteiger partial charge on any atom is 0.431 e. The van der Waals surface area contributed by atoms with E-state index in [1.807, 2.05) is 0 Å². The van der Waals surface area contributed by atoms with Crippen molar-refractivity contribution >= 4 is 15.7 Å². The Morgan fingerprint density at radius 2 is 1.71 bits per heavy atom. The van der Waals surface area contributed by atoms with Gasteiger partial charge < -0.3 is 9.88 Å². The fraction of sp³-hybridized carbons (Fsp3) is 0.750. The second-order valence-electron chi connectivity index (χ2n) is 10.8. The van der Waals surface area contributed by atoms with E-state index in [1.54, 1.807) is 0 Å². The lowest BCUT2D eigenvalue weighted by Crippen LogP contribution is -2.44. The zero-order valence-corrected chi connectivity index (χ0v) is 20.5. The summed E-state index contributed by atoms with van der Waals surface area (Å²) in [7, 11) is -2.10. The summed E-state index contributed by atoms with van der Waals surface area (Å²) in [6.45, 7) is 1.63. The van der Waals surface area contributed by atoms with Gasteiger partial charge in [-0.2, -0.15) is 13.2 Å². The number of aromatic nitrogens is 1. The molecule has 3 aliphatic rings. The first-order valence-electron chi connectivity index (χ1n) is 12.1. The summed E-state index contributed by atoms with van der Waals surface area (Å²) in [6, 6.07) is 0.826. The number of halogens is 3. The van der Waals surface area contributed by atoms with Crippen LogP contribution in [0.1, 0.15) is 79.4 Å². The number of pyridine rings is 1. The molecule has 6 nitrogen and oxygen atoms in total. The molecule has 0 bridgehead atoms. The minimum absolute atomic E-state index is 0.0148. The number of alkyl halides is 3. The van der Waals surface area contributed by atoms with Gasteiger partial charge >= 0.3 is 6.18 Å². The van der Waals surface area contributed by atoms with Gasteiger partial charge in [0, 0.05) is 13.6 Å². The predicted octanol–water partition coefficient (Wildman–Crippen LogP) is 4.00. The maximum atomic E-state index is 13.2. The average molecular weight is 503 g/mol. The molecule has 1 N–H and O–H groups in total. The molecular weight excluding hydrogens is 469 g/mol. The van der Waals surface area contributed by atoms with Crippen LogP contribution in [0.15, 0.2) is 10.9 Å². The topological polar surface area (TPSA) is 85.2 Å². The minimum Gasteiger partial charge on any atom is -0.351 e. The van der Waals surface area contributed by atoms with Crippen molar-refractivity contribution in [1.29, 1.82) is 0 Å². The van der Waals surface area contributed by atoms with Crippen LogP contribution in [-0.4, -0.2) is 36.4 Å². The Labute approximate surface area is 198 Å². The molecule has 1 amide bonds. The number of rotatable bonds is 8. The van der Waals surface area contributed by atoms with Gasteiger partial charge in [-0.25, -0.2) is 8.42 Å². The Morgan fingerprint density at radius 3 is 2.24 bits per heavy atom. The normalized spacial score (nSPS) is 25.9. The molecule has 0 atom stereocenters. The monoisotopic (exact) mass is 502 g/mol. The van der Waals surface area contributed by atoms with E-state index in [-0.39, 0.29) is 27.5 Å². The van der Waals surface area contributed by atoms with Crippen molar-refractivity contribution in [3.63, 3.8) is 0 Å².